The highest BCUT2D eigenvalue weighted by atomic mass is 32.1. The number of nitrogens with one attached hydrogen (secondary N) is 1. The minimum Gasteiger partial charge on any atom is -0.497 e. The van der Waals surface area contributed by atoms with Crippen LogP contribution in [0.25, 0.3) is 11.0 Å². The van der Waals surface area contributed by atoms with E-state index in [0.29, 0.717) is 0 Å². The maximum Gasteiger partial charge on any atom is 0.178 e. The molecule has 0 saturated heterocycles. The lowest BCUT2D eigenvalue weighted by molar-refractivity contribution is 0.403. The average molecular weight is 236 g/mol. The van der Waals surface area contributed by atoms with Gasteiger partial charge in [0.25, 0.3) is 0 Å². The van der Waals surface area contributed by atoms with Gasteiger partial charge in [0.2, 0.25) is 0 Å². The van der Waals surface area contributed by atoms with Crippen molar-refractivity contribution < 1.29 is 4.74 Å². The van der Waals surface area contributed by atoms with E-state index in [4.69, 9.17) is 17.0 Å². The predicted octanol–water partition coefficient (Wildman–Crippen LogP) is 3.46. The Morgan fingerprint density at radius 3 is 2.56 bits per heavy atom. The smallest absolute Gasteiger partial charge is 0.178 e. The molecule has 86 valence electrons. The molecule has 1 aromatic carbocycles. The Balaban J connectivity index is 2.77. The Kier molecular flexibility index (Phi) is 2.54. The van der Waals surface area contributed by atoms with Gasteiger partial charge in [-0.15, -0.1) is 0 Å². The van der Waals surface area contributed by atoms with Crippen molar-refractivity contribution in [3.05, 3.63) is 23.0 Å². The third-order valence-corrected chi connectivity index (χ3v) is 2.84. The molecule has 0 amide bonds. The zero-order valence-electron chi connectivity index (χ0n) is 10.00. The number of hydrogen-bond acceptors (Lipinski definition) is 2. The minimum atomic E-state index is -0.0239. The second kappa shape index (κ2) is 3.63. The van der Waals surface area contributed by atoms with Crippen molar-refractivity contribution in [1.82, 2.24) is 9.55 Å². The van der Waals surface area contributed by atoms with Gasteiger partial charge in [-0.2, -0.15) is 0 Å². The number of methoxy groups -OCH3 is 1. The summed E-state index contributed by atoms with van der Waals surface area (Å²) in [4.78, 5) is 3.21. The summed E-state index contributed by atoms with van der Waals surface area (Å²) in [5, 5.41) is 0. The first-order valence-electron chi connectivity index (χ1n) is 5.23. The molecule has 2 aromatic rings. The topological polar surface area (TPSA) is 29.9 Å². The van der Waals surface area contributed by atoms with E-state index in [1.807, 2.05) is 18.2 Å². The fourth-order valence-corrected chi connectivity index (χ4v) is 2.37. The van der Waals surface area contributed by atoms with Crippen LogP contribution in [0.4, 0.5) is 0 Å². The van der Waals surface area contributed by atoms with E-state index in [1.165, 1.54) is 0 Å². The number of rotatable bonds is 1. The van der Waals surface area contributed by atoms with E-state index >= 15 is 0 Å². The van der Waals surface area contributed by atoms with Crippen molar-refractivity contribution in [3.8, 4) is 5.75 Å². The molecular weight excluding hydrogens is 220 g/mol. The van der Waals surface area contributed by atoms with Crippen LogP contribution in [0.2, 0.25) is 0 Å². The monoisotopic (exact) mass is 236 g/mol. The SMILES string of the molecule is COc1ccc2c(c1)[nH]c(=S)n2C(C)(C)C. The van der Waals surface area contributed by atoms with Crippen molar-refractivity contribution in [1.29, 1.82) is 0 Å². The highest BCUT2D eigenvalue weighted by molar-refractivity contribution is 7.71. The number of aromatic nitrogens is 2. The lowest BCUT2D eigenvalue weighted by atomic mass is 10.1. The summed E-state index contributed by atoms with van der Waals surface area (Å²) < 4.78 is 8.06. The van der Waals surface area contributed by atoms with E-state index in [1.54, 1.807) is 7.11 Å². The summed E-state index contributed by atoms with van der Waals surface area (Å²) >= 11 is 5.35. The summed E-state index contributed by atoms with van der Waals surface area (Å²) in [6.45, 7) is 6.42. The van der Waals surface area contributed by atoms with Crippen molar-refractivity contribution in [2.45, 2.75) is 26.3 Å². The molecular formula is C12H16N2OS. The number of ether oxygens (including phenoxy) is 1. The van der Waals surface area contributed by atoms with Crippen molar-refractivity contribution in [3.63, 3.8) is 0 Å². The quantitative estimate of drug-likeness (QED) is 0.768. The van der Waals surface area contributed by atoms with Crippen LogP contribution in [0.3, 0.4) is 0 Å². The highest BCUT2D eigenvalue weighted by Gasteiger charge is 2.17. The molecule has 2 rings (SSSR count). The molecule has 0 unspecified atom stereocenters. The summed E-state index contributed by atoms with van der Waals surface area (Å²) in [7, 11) is 1.66. The van der Waals surface area contributed by atoms with Gasteiger partial charge in [0.1, 0.15) is 5.75 Å². The third kappa shape index (κ3) is 1.73. The molecule has 0 spiro atoms. The van der Waals surface area contributed by atoms with Crippen LogP contribution in [-0.2, 0) is 5.54 Å². The van der Waals surface area contributed by atoms with Gasteiger partial charge in [-0.05, 0) is 45.1 Å². The number of hydrogen-bond donors (Lipinski definition) is 1. The normalized spacial score (nSPS) is 12.0. The molecule has 0 saturated carbocycles. The van der Waals surface area contributed by atoms with Gasteiger partial charge in [-0.1, -0.05) is 0 Å². The van der Waals surface area contributed by atoms with Gasteiger partial charge in [0.05, 0.1) is 18.1 Å². The molecule has 1 heterocycles. The zero-order valence-corrected chi connectivity index (χ0v) is 10.8. The molecule has 4 heteroatoms. The second-order valence-electron chi connectivity index (χ2n) is 4.82. The Morgan fingerprint density at radius 1 is 1.31 bits per heavy atom. The molecule has 3 nitrogen and oxygen atoms in total. The van der Waals surface area contributed by atoms with Crippen LogP contribution in [0, 0.1) is 4.77 Å². The standard InChI is InChI=1S/C12H16N2OS/c1-12(2,3)14-10-6-5-8(15-4)7-9(10)13-11(14)16/h5-7H,1-4H3,(H,13,16). The van der Waals surface area contributed by atoms with Crippen LogP contribution in [0.5, 0.6) is 5.75 Å². The van der Waals surface area contributed by atoms with Gasteiger partial charge >= 0.3 is 0 Å². The Bertz CT molecular complexity index is 575. The Morgan fingerprint density at radius 2 is 2.00 bits per heavy atom. The Labute approximate surface area is 100 Å². The lowest BCUT2D eigenvalue weighted by Gasteiger charge is -2.21. The Hall–Kier alpha value is -1.29. The van der Waals surface area contributed by atoms with E-state index in [9.17, 15) is 0 Å². The largest absolute Gasteiger partial charge is 0.497 e. The van der Waals surface area contributed by atoms with Gasteiger partial charge in [0.15, 0.2) is 4.77 Å². The number of aromatic amines is 1. The number of fused-ring (bicyclic) bond motifs is 1. The second-order valence-corrected chi connectivity index (χ2v) is 5.21. The lowest BCUT2D eigenvalue weighted by Crippen LogP contribution is -2.21. The van der Waals surface area contributed by atoms with E-state index in [-0.39, 0.29) is 5.54 Å². The van der Waals surface area contributed by atoms with Crippen LogP contribution < -0.4 is 4.74 Å². The van der Waals surface area contributed by atoms with Crippen molar-refractivity contribution in [2.24, 2.45) is 0 Å². The molecule has 0 radical (unpaired) electrons. The first kappa shape index (κ1) is 11.2. The van der Waals surface area contributed by atoms with Crippen LogP contribution >= 0.6 is 12.2 Å². The zero-order chi connectivity index (χ0) is 11.9. The summed E-state index contributed by atoms with van der Waals surface area (Å²) in [5.41, 5.74) is 2.10. The molecule has 0 fully saturated rings. The van der Waals surface area contributed by atoms with E-state index < -0.39 is 0 Å². The molecule has 16 heavy (non-hydrogen) atoms. The number of H-pyrrole nitrogens is 1. The maximum atomic E-state index is 5.35. The van der Waals surface area contributed by atoms with Crippen LogP contribution in [0.15, 0.2) is 18.2 Å². The van der Waals surface area contributed by atoms with Gasteiger partial charge < -0.3 is 14.3 Å². The third-order valence-electron chi connectivity index (χ3n) is 2.56. The first-order valence-corrected chi connectivity index (χ1v) is 5.63. The van der Waals surface area contributed by atoms with Crippen LogP contribution in [-0.4, -0.2) is 16.7 Å². The minimum absolute atomic E-state index is 0.0239. The number of imidazole rings is 1. The fraction of sp³-hybridized carbons (Fsp3) is 0.417. The molecule has 0 aliphatic heterocycles. The fourth-order valence-electron chi connectivity index (χ4n) is 1.88. The van der Waals surface area contributed by atoms with Crippen LogP contribution in [0.1, 0.15) is 20.8 Å². The molecule has 0 aliphatic rings. The van der Waals surface area contributed by atoms with E-state index in [2.05, 4.69) is 30.3 Å². The van der Waals surface area contributed by atoms with Gasteiger partial charge in [-0.3, -0.25) is 0 Å². The molecule has 1 aromatic heterocycles. The first-order chi connectivity index (χ1) is 7.43. The summed E-state index contributed by atoms with van der Waals surface area (Å²) in [6, 6.07) is 5.95. The maximum absolute atomic E-state index is 5.35. The summed E-state index contributed by atoms with van der Waals surface area (Å²) in [5.74, 6) is 0.838. The molecule has 1 N–H and O–H groups in total. The number of nitrogens with zero attached hydrogens (tertiary/aromatic N) is 1. The molecule has 0 atom stereocenters. The van der Waals surface area contributed by atoms with Gasteiger partial charge in [-0.25, -0.2) is 0 Å². The van der Waals surface area contributed by atoms with Gasteiger partial charge in [0, 0.05) is 11.6 Å². The average Bonchev–Trinajstić information content (AvgIpc) is 2.51. The molecule has 0 bridgehead atoms. The molecule has 0 aliphatic carbocycles. The van der Waals surface area contributed by atoms with E-state index in [0.717, 1.165) is 21.6 Å². The highest BCUT2D eigenvalue weighted by Crippen LogP contribution is 2.25. The number of benzene rings is 1. The predicted molar refractivity (Wildman–Crippen MR) is 68.7 cm³/mol. The van der Waals surface area contributed by atoms with Crippen molar-refractivity contribution >= 4 is 23.3 Å². The van der Waals surface area contributed by atoms with Crippen molar-refractivity contribution in [2.75, 3.05) is 7.11 Å². The summed E-state index contributed by atoms with van der Waals surface area (Å²) in [6.07, 6.45) is 0.